The molecule has 206 valence electrons. The van der Waals surface area contributed by atoms with Gasteiger partial charge in [0.25, 0.3) is 0 Å². The van der Waals surface area contributed by atoms with Crippen LogP contribution in [0.4, 0.5) is 0 Å². The highest BCUT2D eigenvalue weighted by atomic mass is 16.5. The standard InChI is InChI=1S/C31H39N5O3/c1-31(2)21-38-19-14-27(31)36-28-25-20-23(10-13-26(25)32-33-29(28)34(3)30(36)37)22-8-11-24(12-9-22)39-18-7-17-35-15-5-4-6-16-35/h8-13,20,27H,4-7,14-19,21H2,1-3H3/t27-/m0/s1. The second-order valence-electron chi connectivity index (χ2n) is 11.8. The highest BCUT2D eigenvalue weighted by Crippen LogP contribution is 2.39. The van der Waals surface area contributed by atoms with Gasteiger partial charge in [0.1, 0.15) is 11.3 Å². The third kappa shape index (κ3) is 5.08. The number of benzene rings is 2. The first-order chi connectivity index (χ1) is 18.9. The van der Waals surface area contributed by atoms with Gasteiger partial charge in [0.05, 0.1) is 18.7 Å². The maximum atomic E-state index is 13.5. The molecular weight excluding hydrogens is 490 g/mol. The Labute approximate surface area is 229 Å². The van der Waals surface area contributed by atoms with Gasteiger partial charge < -0.3 is 14.4 Å². The number of hydrogen-bond acceptors (Lipinski definition) is 6. The van der Waals surface area contributed by atoms with Crippen LogP contribution in [0.2, 0.25) is 0 Å². The summed E-state index contributed by atoms with van der Waals surface area (Å²) in [5.41, 5.74) is 4.18. The van der Waals surface area contributed by atoms with Gasteiger partial charge in [-0.05, 0) is 74.2 Å². The predicted molar refractivity (Wildman–Crippen MR) is 154 cm³/mol. The first-order valence-corrected chi connectivity index (χ1v) is 14.3. The smallest absolute Gasteiger partial charge is 0.330 e. The van der Waals surface area contributed by atoms with E-state index in [1.54, 1.807) is 11.6 Å². The molecule has 0 saturated carbocycles. The zero-order chi connectivity index (χ0) is 27.0. The second kappa shape index (κ2) is 10.7. The SMILES string of the molecule is Cn1c(=O)n([C@H]2CCOCC2(C)C)c2c3cc(-c4ccc(OCCCN5CCCCC5)cc4)ccc3nnc21. The zero-order valence-corrected chi connectivity index (χ0v) is 23.4. The van der Waals surface area contributed by atoms with Gasteiger partial charge in [-0.3, -0.25) is 9.13 Å². The first-order valence-electron chi connectivity index (χ1n) is 14.3. The summed E-state index contributed by atoms with van der Waals surface area (Å²) < 4.78 is 15.4. The van der Waals surface area contributed by atoms with Crippen LogP contribution < -0.4 is 10.4 Å². The van der Waals surface area contributed by atoms with Crippen LogP contribution in [-0.4, -0.2) is 63.7 Å². The molecule has 0 aliphatic carbocycles. The number of ether oxygens (including phenoxy) is 2. The third-order valence-corrected chi connectivity index (χ3v) is 8.51. The quantitative estimate of drug-likeness (QED) is 0.307. The molecule has 0 unspecified atom stereocenters. The fraction of sp³-hybridized carbons (Fsp3) is 0.516. The van der Waals surface area contributed by atoms with Crippen molar-refractivity contribution in [3.63, 3.8) is 0 Å². The summed E-state index contributed by atoms with van der Waals surface area (Å²) in [5.74, 6) is 0.894. The van der Waals surface area contributed by atoms with Crippen molar-refractivity contribution < 1.29 is 9.47 Å². The molecule has 4 aromatic rings. The van der Waals surface area contributed by atoms with Crippen molar-refractivity contribution in [2.75, 3.05) is 39.5 Å². The lowest BCUT2D eigenvalue weighted by molar-refractivity contribution is -0.0253. The highest BCUT2D eigenvalue weighted by Gasteiger charge is 2.37. The molecule has 2 aromatic carbocycles. The molecule has 2 saturated heterocycles. The summed E-state index contributed by atoms with van der Waals surface area (Å²) >= 11 is 0. The average molecular weight is 530 g/mol. The van der Waals surface area contributed by atoms with Crippen molar-refractivity contribution in [3.05, 3.63) is 52.9 Å². The van der Waals surface area contributed by atoms with Gasteiger partial charge in [0.15, 0.2) is 5.65 Å². The molecule has 6 rings (SSSR count). The molecule has 0 N–H and O–H groups in total. The monoisotopic (exact) mass is 529 g/mol. The Bertz CT molecular complexity index is 1520. The van der Waals surface area contributed by atoms with Crippen LogP contribution in [0.25, 0.3) is 33.2 Å². The van der Waals surface area contributed by atoms with Crippen molar-refractivity contribution in [3.8, 4) is 16.9 Å². The number of aromatic nitrogens is 4. The van der Waals surface area contributed by atoms with Crippen LogP contribution in [0.1, 0.15) is 52.0 Å². The molecule has 2 aromatic heterocycles. The molecule has 0 spiro atoms. The summed E-state index contributed by atoms with van der Waals surface area (Å²) in [6.07, 6.45) is 5.85. The Hall–Kier alpha value is -3.23. The maximum absolute atomic E-state index is 13.5. The van der Waals surface area contributed by atoms with Crippen LogP contribution in [0.3, 0.4) is 0 Å². The van der Waals surface area contributed by atoms with E-state index in [2.05, 4.69) is 53.2 Å². The lowest BCUT2D eigenvalue weighted by Gasteiger charge is -2.38. The Balaban J connectivity index is 1.27. The van der Waals surface area contributed by atoms with Gasteiger partial charge in [-0.25, -0.2) is 4.79 Å². The predicted octanol–water partition coefficient (Wildman–Crippen LogP) is 5.19. The maximum Gasteiger partial charge on any atom is 0.330 e. The fourth-order valence-electron chi connectivity index (χ4n) is 6.26. The fourth-order valence-corrected chi connectivity index (χ4v) is 6.26. The van der Waals surface area contributed by atoms with E-state index >= 15 is 0 Å². The lowest BCUT2D eigenvalue weighted by atomic mass is 9.81. The van der Waals surface area contributed by atoms with E-state index in [0.717, 1.165) is 59.3 Å². The number of piperidine rings is 1. The van der Waals surface area contributed by atoms with Gasteiger partial charge in [0.2, 0.25) is 0 Å². The van der Waals surface area contributed by atoms with Gasteiger partial charge >= 0.3 is 5.69 Å². The van der Waals surface area contributed by atoms with E-state index in [1.165, 1.54) is 32.4 Å². The average Bonchev–Trinajstić information content (AvgIpc) is 3.21. The number of fused-ring (bicyclic) bond motifs is 3. The molecular formula is C31H39N5O3. The summed E-state index contributed by atoms with van der Waals surface area (Å²) in [6.45, 7) is 9.90. The topological polar surface area (TPSA) is 74.4 Å². The number of rotatable bonds is 7. The molecule has 2 aliphatic heterocycles. The summed E-state index contributed by atoms with van der Waals surface area (Å²) in [5, 5.41) is 9.85. The Kier molecular flexibility index (Phi) is 7.16. The second-order valence-corrected chi connectivity index (χ2v) is 11.8. The number of nitrogens with zero attached hydrogens (tertiary/aromatic N) is 5. The molecule has 2 aliphatic rings. The first kappa shape index (κ1) is 26.0. The molecule has 8 heteroatoms. The van der Waals surface area contributed by atoms with E-state index < -0.39 is 0 Å². The van der Waals surface area contributed by atoms with E-state index in [0.29, 0.717) is 18.9 Å². The van der Waals surface area contributed by atoms with Gasteiger partial charge in [-0.1, -0.05) is 38.5 Å². The minimum absolute atomic E-state index is 0.0184. The van der Waals surface area contributed by atoms with Gasteiger partial charge in [0, 0.05) is 37.0 Å². The highest BCUT2D eigenvalue weighted by molar-refractivity contribution is 6.02. The minimum atomic E-state index is -0.173. The molecule has 0 amide bonds. The molecule has 8 nitrogen and oxygen atoms in total. The van der Waals surface area contributed by atoms with Crippen LogP contribution in [0.15, 0.2) is 47.3 Å². The van der Waals surface area contributed by atoms with E-state index in [9.17, 15) is 4.79 Å². The van der Waals surface area contributed by atoms with Crippen LogP contribution in [0, 0.1) is 5.41 Å². The number of aryl methyl sites for hydroxylation is 1. The minimum Gasteiger partial charge on any atom is -0.494 e. The molecule has 0 bridgehead atoms. The molecule has 4 heterocycles. The number of likely N-dealkylation sites (tertiary alicyclic amines) is 1. The number of imidazole rings is 1. The Morgan fingerprint density at radius 2 is 1.79 bits per heavy atom. The van der Waals surface area contributed by atoms with Crippen molar-refractivity contribution in [2.24, 2.45) is 12.5 Å². The lowest BCUT2D eigenvalue weighted by Crippen LogP contribution is -2.41. The van der Waals surface area contributed by atoms with Crippen molar-refractivity contribution in [1.82, 2.24) is 24.2 Å². The van der Waals surface area contributed by atoms with Crippen molar-refractivity contribution >= 4 is 22.1 Å². The third-order valence-electron chi connectivity index (χ3n) is 8.51. The summed E-state index contributed by atoms with van der Waals surface area (Å²) in [6, 6.07) is 14.5. The van der Waals surface area contributed by atoms with Gasteiger partial charge in [-0.2, -0.15) is 0 Å². The van der Waals surface area contributed by atoms with E-state index in [4.69, 9.17) is 9.47 Å². The van der Waals surface area contributed by atoms with Crippen LogP contribution in [-0.2, 0) is 11.8 Å². The molecule has 39 heavy (non-hydrogen) atoms. The van der Waals surface area contributed by atoms with Crippen molar-refractivity contribution in [1.29, 1.82) is 0 Å². The van der Waals surface area contributed by atoms with E-state index in [-0.39, 0.29) is 17.1 Å². The van der Waals surface area contributed by atoms with Crippen molar-refractivity contribution in [2.45, 2.75) is 52.0 Å². The van der Waals surface area contributed by atoms with Crippen LogP contribution >= 0.6 is 0 Å². The zero-order valence-electron chi connectivity index (χ0n) is 23.4. The largest absolute Gasteiger partial charge is 0.494 e. The number of hydrogen-bond donors (Lipinski definition) is 0. The normalized spacial score (nSPS) is 20.0. The van der Waals surface area contributed by atoms with Crippen LogP contribution in [0.5, 0.6) is 5.75 Å². The molecule has 1 atom stereocenters. The molecule has 2 fully saturated rings. The molecule has 0 radical (unpaired) electrons. The Morgan fingerprint density at radius 3 is 2.56 bits per heavy atom. The summed E-state index contributed by atoms with van der Waals surface area (Å²) in [7, 11) is 1.78. The van der Waals surface area contributed by atoms with E-state index in [1.807, 2.05) is 22.8 Å². The summed E-state index contributed by atoms with van der Waals surface area (Å²) in [4.78, 5) is 16.1. The van der Waals surface area contributed by atoms with Gasteiger partial charge in [-0.15, -0.1) is 10.2 Å². The Morgan fingerprint density at radius 1 is 1.03 bits per heavy atom.